The van der Waals surface area contributed by atoms with Crippen LogP contribution >= 0.6 is 11.6 Å². The molecule has 1 aromatic heterocycles. The van der Waals surface area contributed by atoms with Crippen molar-refractivity contribution in [3.63, 3.8) is 0 Å². The summed E-state index contributed by atoms with van der Waals surface area (Å²) >= 11 is 5.59. The van der Waals surface area contributed by atoms with E-state index < -0.39 is 0 Å². The Balaban J connectivity index is 2.41. The number of rotatable bonds is 5. The van der Waals surface area contributed by atoms with Crippen molar-refractivity contribution in [2.24, 2.45) is 5.92 Å². The van der Waals surface area contributed by atoms with Crippen molar-refractivity contribution in [2.45, 2.75) is 13.3 Å². The van der Waals surface area contributed by atoms with Crippen molar-refractivity contribution in [1.82, 2.24) is 4.98 Å². The zero-order chi connectivity index (χ0) is 10.4. The van der Waals surface area contributed by atoms with Gasteiger partial charge in [0, 0.05) is 18.6 Å². The van der Waals surface area contributed by atoms with Gasteiger partial charge in [0.25, 0.3) is 0 Å². The molecule has 0 saturated carbocycles. The number of nitrogens with zero attached hydrogens (tertiary/aromatic N) is 1. The molecule has 1 atom stereocenters. The zero-order valence-electron chi connectivity index (χ0n) is 8.13. The first-order valence-corrected chi connectivity index (χ1v) is 5.18. The molecule has 0 bridgehead atoms. The number of alkyl halides is 1. The molecule has 2 nitrogen and oxygen atoms in total. The van der Waals surface area contributed by atoms with Gasteiger partial charge in [0.1, 0.15) is 0 Å². The molecule has 1 heterocycles. The highest BCUT2D eigenvalue weighted by atomic mass is 35.5. The summed E-state index contributed by atoms with van der Waals surface area (Å²) in [5.74, 6) is 1.06. The molecule has 0 aliphatic rings. The first kappa shape index (κ1) is 11.2. The van der Waals surface area contributed by atoms with E-state index >= 15 is 0 Å². The van der Waals surface area contributed by atoms with Gasteiger partial charge in [-0.3, -0.25) is 0 Å². The van der Waals surface area contributed by atoms with E-state index in [9.17, 15) is 4.39 Å². The second-order valence-corrected chi connectivity index (χ2v) is 3.68. The maximum atomic E-state index is 13.1. The van der Waals surface area contributed by atoms with Gasteiger partial charge in [-0.2, -0.15) is 0 Å². The molecule has 1 unspecified atom stereocenters. The molecule has 0 spiro atoms. The van der Waals surface area contributed by atoms with Gasteiger partial charge < -0.3 is 5.32 Å². The average molecular weight is 217 g/mol. The van der Waals surface area contributed by atoms with E-state index in [1.165, 1.54) is 6.07 Å². The Hall–Kier alpha value is -0.830. The van der Waals surface area contributed by atoms with Gasteiger partial charge in [0.05, 0.1) is 0 Å². The van der Waals surface area contributed by atoms with Gasteiger partial charge in [-0.05, 0) is 24.5 Å². The molecular formula is C10H14ClFN2. The van der Waals surface area contributed by atoms with Crippen molar-refractivity contribution in [3.8, 4) is 0 Å². The van der Waals surface area contributed by atoms with Crippen molar-refractivity contribution < 1.29 is 4.39 Å². The maximum Gasteiger partial charge on any atom is 0.165 e. The molecule has 0 fully saturated rings. The Kier molecular flexibility index (Phi) is 4.66. The smallest absolute Gasteiger partial charge is 0.165 e. The van der Waals surface area contributed by atoms with E-state index in [-0.39, 0.29) is 5.82 Å². The summed E-state index contributed by atoms with van der Waals surface area (Å²) in [6.07, 6.45) is 2.49. The molecule has 0 amide bonds. The summed E-state index contributed by atoms with van der Waals surface area (Å²) in [4.78, 5) is 3.89. The SMILES string of the molecule is CC(CCCl)CNc1ncccc1F. The Morgan fingerprint density at radius 1 is 1.64 bits per heavy atom. The average Bonchev–Trinajstić information content (AvgIpc) is 2.17. The van der Waals surface area contributed by atoms with Crippen molar-refractivity contribution in [1.29, 1.82) is 0 Å². The summed E-state index contributed by atoms with van der Waals surface area (Å²) in [5, 5.41) is 2.95. The lowest BCUT2D eigenvalue weighted by Crippen LogP contribution is -2.13. The predicted octanol–water partition coefficient (Wildman–Crippen LogP) is 2.90. The summed E-state index contributed by atoms with van der Waals surface area (Å²) in [5.41, 5.74) is 0. The van der Waals surface area contributed by atoms with Gasteiger partial charge in [-0.1, -0.05) is 6.92 Å². The number of aromatic nitrogens is 1. The lowest BCUT2D eigenvalue weighted by atomic mass is 10.1. The Morgan fingerprint density at radius 2 is 2.43 bits per heavy atom. The van der Waals surface area contributed by atoms with Crippen LogP contribution in [0.2, 0.25) is 0 Å². The van der Waals surface area contributed by atoms with Gasteiger partial charge in [-0.25, -0.2) is 9.37 Å². The summed E-state index contributed by atoms with van der Waals surface area (Å²) in [6, 6.07) is 2.96. The molecule has 0 aromatic carbocycles. The highest BCUT2D eigenvalue weighted by molar-refractivity contribution is 6.17. The van der Waals surface area contributed by atoms with Crippen LogP contribution in [0, 0.1) is 11.7 Å². The molecule has 0 aliphatic carbocycles. The van der Waals surface area contributed by atoms with E-state index in [0.717, 1.165) is 6.42 Å². The fraction of sp³-hybridized carbons (Fsp3) is 0.500. The minimum absolute atomic E-state index is 0.314. The largest absolute Gasteiger partial charge is 0.367 e. The number of hydrogen-bond acceptors (Lipinski definition) is 2. The van der Waals surface area contributed by atoms with Crippen LogP contribution in [0.25, 0.3) is 0 Å². The molecule has 1 N–H and O–H groups in total. The third-order valence-electron chi connectivity index (χ3n) is 1.98. The van der Waals surface area contributed by atoms with E-state index in [1.54, 1.807) is 12.3 Å². The number of nitrogens with one attached hydrogen (secondary N) is 1. The van der Waals surface area contributed by atoms with Crippen LogP contribution in [0.5, 0.6) is 0 Å². The first-order valence-electron chi connectivity index (χ1n) is 4.64. The summed E-state index contributed by atoms with van der Waals surface area (Å²) < 4.78 is 13.1. The van der Waals surface area contributed by atoms with Crippen molar-refractivity contribution in [3.05, 3.63) is 24.1 Å². The van der Waals surface area contributed by atoms with Gasteiger partial charge in [0.2, 0.25) is 0 Å². The molecule has 1 aromatic rings. The molecular weight excluding hydrogens is 203 g/mol. The molecule has 0 saturated heterocycles. The number of anilines is 1. The highest BCUT2D eigenvalue weighted by Gasteiger charge is 2.04. The molecule has 4 heteroatoms. The highest BCUT2D eigenvalue weighted by Crippen LogP contribution is 2.10. The first-order chi connectivity index (χ1) is 6.74. The lowest BCUT2D eigenvalue weighted by molar-refractivity contribution is 0.585. The fourth-order valence-corrected chi connectivity index (χ4v) is 1.45. The van der Waals surface area contributed by atoms with Crippen LogP contribution < -0.4 is 5.32 Å². The molecule has 0 aliphatic heterocycles. The van der Waals surface area contributed by atoms with Crippen LogP contribution in [-0.2, 0) is 0 Å². The Morgan fingerprint density at radius 3 is 3.07 bits per heavy atom. The number of hydrogen-bond donors (Lipinski definition) is 1. The fourth-order valence-electron chi connectivity index (χ4n) is 1.07. The van der Waals surface area contributed by atoms with Gasteiger partial charge in [-0.15, -0.1) is 11.6 Å². The van der Waals surface area contributed by atoms with E-state index in [4.69, 9.17) is 11.6 Å². The molecule has 14 heavy (non-hydrogen) atoms. The molecule has 1 rings (SSSR count). The monoisotopic (exact) mass is 216 g/mol. The Labute approximate surface area is 88.5 Å². The third-order valence-corrected chi connectivity index (χ3v) is 2.20. The van der Waals surface area contributed by atoms with Crippen LogP contribution in [0.3, 0.4) is 0 Å². The van der Waals surface area contributed by atoms with Gasteiger partial charge >= 0.3 is 0 Å². The van der Waals surface area contributed by atoms with E-state index in [0.29, 0.717) is 24.2 Å². The lowest BCUT2D eigenvalue weighted by Gasteiger charge is -2.11. The van der Waals surface area contributed by atoms with Gasteiger partial charge in [0.15, 0.2) is 11.6 Å². The second-order valence-electron chi connectivity index (χ2n) is 3.30. The van der Waals surface area contributed by atoms with E-state index in [2.05, 4.69) is 17.2 Å². The van der Waals surface area contributed by atoms with Crippen LogP contribution in [0.15, 0.2) is 18.3 Å². The number of halogens is 2. The van der Waals surface area contributed by atoms with E-state index in [1.807, 2.05) is 0 Å². The maximum absolute atomic E-state index is 13.1. The zero-order valence-corrected chi connectivity index (χ0v) is 8.89. The topological polar surface area (TPSA) is 24.9 Å². The third kappa shape index (κ3) is 3.50. The van der Waals surface area contributed by atoms with Crippen LogP contribution in [-0.4, -0.2) is 17.4 Å². The minimum Gasteiger partial charge on any atom is -0.367 e. The number of pyridine rings is 1. The predicted molar refractivity (Wildman–Crippen MR) is 57.2 cm³/mol. The minimum atomic E-state index is -0.314. The summed E-state index contributed by atoms with van der Waals surface area (Å²) in [6.45, 7) is 2.76. The summed E-state index contributed by atoms with van der Waals surface area (Å²) in [7, 11) is 0. The van der Waals surface area contributed by atoms with Crippen LogP contribution in [0.4, 0.5) is 10.2 Å². The van der Waals surface area contributed by atoms with Crippen molar-refractivity contribution in [2.75, 3.05) is 17.7 Å². The quantitative estimate of drug-likeness (QED) is 0.766. The second kappa shape index (κ2) is 5.81. The molecule has 78 valence electrons. The standard InChI is InChI=1S/C10H14ClFN2/c1-8(4-5-11)7-14-10-9(12)3-2-6-13-10/h2-3,6,8H,4-5,7H2,1H3,(H,13,14). The van der Waals surface area contributed by atoms with Crippen molar-refractivity contribution >= 4 is 17.4 Å². The molecule has 0 radical (unpaired) electrons. The Bertz CT molecular complexity index is 281. The normalized spacial score (nSPS) is 12.5. The van der Waals surface area contributed by atoms with Crippen LogP contribution in [0.1, 0.15) is 13.3 Å².